The topological polar surface area (TPSA) is 45.7 Å². The third-order valence-electron chi connectivity index (χ3n) is 1.12. The fraction of sp³-hybridized carbons (Fsp3) is 0. The molecule has 0 aromatic carbocycles. The predicted octanol–water partition coefficient (Wildman–Crippen LogP) is -3.45. The maximum atomic E-state index is 4.01. The molecular formula is C5H5BrN4. The molecule has 0 aliphatic carbocycles. The summed E-state index contributed by atoms with van der Waals surface area (Å²) in [5.74, 6) is 0. The molecule has 2 aromatic rings. The van der Waals surface area contributed by atoms with Gasteiger partial charge in [0.15, 0.2) is 0 Å². The molecule has 0 saturated heterocycles. The van der Waals surface area contributed by atoms with Gasteiger partial charge in [0, 0.05) is 6.07 Å². The van der Waals surface area contributed by atoms with E-state index in [-0.39, 0.29) is 17.0 Å². The lowest BCUT2D eigenvalue weighted by Crippen LogP contribution is -3.00. The standard InChI is InChI=1S/C5H4N4.BrH/c1-2-6-5-4-7-8-9(5)3-1;/h1-4H;1H. The lowest BCUT2D eigenvalue weighted by atomic mass is 10.6. The average Bonchev–Trinajstić information content (AvgIpc) is 2.33. The zero-order valence-electron chi connectivity index (χ0n) is 5.03. The Morgan fingerprint density at radius 1 is 1.50 bits per heavy atom. The van der Waals surface area contributed by atoms with Crippen LogP contribution in [0.25, 0.3) is 5.65 Å². The molecule has 0 atom stereocenters. The molecule has 0 saturated carbocycles. The smallest absolute Gasteiger partial charge is 0.321 e. The van der Waals surface area contributed by atoms with Gasteiger partial charge in [0.05, 0.1) is 6.20 Å². The average molecular weight is 201 g/mol. The van der Waals surface area contributed by atoms with Gasteiger partial charge in [0.2, 0.25) is 6.20 Å². The van der Waals surface area contributed by atoms with E-state index in [0.717, 1.165) is 5.65 Å². The Hall–Kier alpha value is -0.970. The molecule has 1 N–H and O–H groups in total. The first-order valence-corrected chi connectivity index (χ1v) is 2.62. The van der Waals surface area contributed by atoms with Crippen molar-refractivity contribution in [2.24, 2.45) is 0 Å². The van der Waals surface area contributed by atoms with Gasteiger partial charge < -0.3 is 17.0 Å². The molecule has 2 aromatic heterocycles. The molecule has 10 heavy (non-hydrogen) atoms. The van der Waals surface area contributed by atoms with Gasteiger partial charge in [-0.1, -0.05) is 0 Å². The summed E-state index contributed by atoms with van der Waals surface area (Å²) in [7, 11) is 0. The van der Waals surface area contributed by atoms with E-state index < -0.39 is 0 Å². The Labute approximate surface area is 67.7 Å². The zero-order chi connectivity index (χ0) is 6.10. The van der Waals surface area contributed by atoms with Crippen molar-refractivity contribution in [2.75, 3.05) is 0 Å². The first-order valence-electron chi connectivity index (χ1n) is 2.62. The molecule has 0 radical (unpaired) electrons. The van der Waals surface area contributed by atoms with E-state index in [1.165, 1.54) is 0 Å². The number of rotatable bonds is 0. The molecule has 4 nitrogen and oxygen atoms in total. The van der Waals surface area contributed by atoms with Crippen molar-refractivity contribution in [1.29, 1.82) is 0 Å². The molecule has 0 aliphatic rings. The fourth-order valence-corrected chi connectivity index (χ4v) is 0.711. The predicted molar refractivity (Wildman–Crippen MR) is 29.5 cm³/mol. The maximum Gasteiger partial charge on any atom is 0.321 e. The second-order valence-electron chi connectivity index (χ2n) is 1.71. The molecule has 5 heteroatoms. The summed E-state index contributed by atoms with van der Waals surface area (Å²) in [6, 6.07) is 1.84. The van der Waals surface area contributed by atoms with Crippen LogP contribution in [0.1, 0.15) is 0 Å². The van der Waals surface area contributed by atoms with Crippen LogP contribution in [0.2, 0.25) is 0 Å². The molecule has 52 valence electrons. The Bertz CT molecular complexity index is 288. The summed E-state index contributed by atoms with van der Waals surface area (Å²) in [6.07, 6.45) is 5.25. The van der Waals surface area contributed by atoms with Crippen LogP contribution in [-0.4, -0.2) is 15.3 Å². The second kappa shape index (κ2) is 2.74. The van der Waals surface area contributed by atoms with Gasteiger partial charge >= 0.3 is 5.65 Å². The molecule has 0 aliphatic heterocycles. The minimum atomic E-state index is 0. The van der Waals surface area contributed by atoms with Crippen LogP contribution in [0.3, 0.4) is 0 Å². The summed E-state index contributed by atoms with van der Waals surface area (Å²) in [5.41, 5.74) is 0.831. The monoisotopic (exact) mass is 200 g/mol. The molecule has 0 bridgehead atoms. The fourth-order valence-electron chi connectivity index (χ4n) is 0.711. The van der Waals surface area contributed by atoms with E-state index in [9.17, 15) is 0 Å². The highest BCUT2D eigenvalue weighted by Gasteiger charge is 1.97. The van der Waals surface area contributed by atoms with Gasteiger partial charge in [-0.3, -0.25) is 0 Å². The van der Waals surface area contributed by atoms with Crippen molar-refractivity contribution in [2.45, 2.75) is 0 Å². The number of nitrogens with zero attached hydrogens (tertiary/aromatic N) is 3. The van der Waals surface area contributed by atoms with Crippen LogP contribution >= 0.6 is 0 Å². The highest BCUT2D eigenvalue weighted by molar-refractivity contribution is 5.20. The SMILES string of the molecule is [Br-].c1cnc2cn[nH][n+]2c1. The van der Waals surface area contributed by atoms with Gasteiger partial charge in [-0.25, -0.2) is 0 Å². The van der Waals surface area contributed by atoms with Crippen LogP contribution in [0, 0.1) is 0 Å². The quantitative estimate of drug-likeness (QED) is 0.450. The largest absolute Gasteiger partial charge is 1.00 e. The van der Waals surface area contributed by atoms with Gasteiger partial charge in [0.1, 0.15) is 6.20 Å². The summed E-state index contributed by atoms with van der Waals surface area (Å²) in [4.78, 5) is 4.01. The summed E-state index contributed by atoms with van der Waals surface area (Å²) in [5, 5.41) is 6.50. The molecule has 2 rings (SSSR count). The van der Waals surface area contributed by atoms with Crippen LogP contribution in [0.4, 0.5) is 0 Å². The third-order valence-corrected chi connectivity index (χ3v) is 1.12. The highest BCUT2D eigenvalue weighted by atomic mass is 79.9. The number of aromatic amines is 1. The normalized spacial score (nSPS) is 9.20. The number of hydrogen-bond acceptors (Lipinski definition) is 2. The van der Waals surface area contributed by atoms with Gasteiger partial charge in [0.25, 0.3) is 0 Å². The van der Waals surface area contributed by atoms with Gasteiger partial charge in [-0.05, 0) is 5.10 Å². The van der Waals surface area contributed by atoms with Crippen LogP contribution in [0.5, 0.6) is 0 Å². The first-order chi connectivity index (χ1) is 4.47. The van der Waals surface area contributed by atoms with Crippen molar-refractivity contribution in [3.05, 3.63) is 24.7 Å². The molecule has 0 unspecified atom stereocenters. The van der Waals surface area contributed by atoms with E-state index in [2.05, 4.69) is 15.3 Å². The van der Waals surface area contributed by atoms with Crippen LogP contribution < -0.4 is 21.5 Å². The first kappa shape index (κ1) is 7.14. The molecule has 0 fully saturated rings. The van der Waals surface area contributed by atoms with Crippen molar-refractivity contribution < 1.29 is 21.5 Å². The summed E-state index contributed by atoms with van der Waals surface area (Å²) in [6.45, 7) is 0. The van der Waals surface area contributed by atoms with Crippen molar-refractivity contribution >= 4 is 5.65 Å². The number of halogens is 1. The summed E-state index contributed by atoms with van der Waals surface area (Å²) >= 11 is 0. The number of fused-ring (bicyclic) bond motifs is 1. The number of aromatic nitrogens is 4. The van der Waals surface area contributed by atoms with E-state index in [1.54, 1.807) is 16.9 Å². The zero-order valence-corrected chi connectivity index (χ0v) is 6.62. The van der Waals surface area contributed by atoms with E-state index >= 15 is 0 Å². The number of nitrogens with one attached hydrogen (secondary N) is 1. The molecular weight excluding hydrogens is 196 g/mol. The van der Waals surface area contributed by atoms with Crippen LogP contribution in [-0.2, 0) is 0 Å². The van der Waals surface area contributed by atoms with Crippen molar-refractivity contribution in [1.82, 2.24) is 15.3 Å². The lowest BCUT2D eigenvalue weighted by molar-refractivity contribution is -0.584. The van der Waals surface area contributed by atoms with Crippen molar-refractivity contribution in [3.8, 4) is 0 Å². The Kier molecular flexibility index (Phi) is 1.96. The summed E-state index contributed by atoms with van der Waals surface area (Å²) < 4.78 is 1.74. The number of hydrogen-bond donors (Lipinski definition) is 1. The second-order valence-corrected chi connectivity index (χ2v) is 1.71. The molecule has 2 heterocycles. The van der Waals surface area contributed by atoms with E-state index in [1.807, 2.05) is 12.3 Å². The highest BCUT2D eigenvalue weighted by Crippen LogP contribution is 1.80. The van der Waals surface area contributed by atoms with E-state index in [4.69, 9.17) is 0 Å². The minimum Gasteiger partial charge on any atom is -1.00 e. The van der Waals surface area contributed by atoms with Crippen molar-refractivity contribution in [3.63, 3.8) is 0 Å². The Morgan fingerprint density at radius 3 is 3.20 bits per heavy atom. The molecule has 0 spiro atoms. The van der Waals surface area contributed by atoms with Crippen LogP contribution in [0.15, 0.2) is 24.7 Å². The van der Waals surface area contributed by atoms with E-state index in [0.29, 0.717) is 0 Å². The van der Waals surface area contributed by atoms with Gasteiger partial charge in [-0.2, -0.15) is 0 Å². The minimum absolute atomic E-state index is 0. The van der Waals surface area contributed by atoms with Gasteiger partial charge in [-0.15, -0.1) is 14.7 Å². The molecule has 0 amide bonds. The maximum absolute atomic E-state index is 4.01. The Morgan fingerprint density at radius 2 is 2.40 bits per heavy atom. The number of H-pyrrole nitrogens is 1. The third kappa shape index (κ3) is 0.995. The Balaban J connectivity index is 0.000000500. The lowest BCUT2D eigenvalue weighted by Gasteiger charge is -1.75.